The van der Waals surface area contributed by atoms with E-state index >= 15 is 0 Å². The highest BCUT2D eigenvalue weighted by atomic mass is 19.1. The molecule has 1 aromatic rings. The lowest BCUT2D eigenvalue weighted by Gasteiger charge is -2.34. The second-order valence-corrected chi connectivity index (χ2v) is 5.67. The molecule has 3 heteroatoms. The Balaban J connectivity index is 2.04. The van der Waals surface area contributed by atoms with Gasteiger partial charge in [-0.05, 0) is 42.4 Å². The Morgan fingerprint density at radius 1 is 1.16 bits per heavy atom. The molecular weight excluding hydrogens is 246 g/mol. The van der Waals surface area contributed by atoms with Crippen LogP contribution in [0.4, 0.5) is 8.78 Å². The van der Waals surface area contributed by atoms with Gasteiger partial charge in [-0.15, -0.1) is 0 Å². The topological polar surface area (TPSA) is 20.2 Å². The maximum atomic E-state index is 13.1. The molecule has 1 N–H and O–H groups in total. The van der Waals surface area contributed by atoms with E-state index in [4.69, 9.17) is 0 Å². The minimum absolute atomic E-state index is 0.269. The SMILES string of the molecule is CCC1CCCCC1C(O)Cc1cc(F)cc(F)c1. The molecule has 0 spiro atoms. The second kappa shape index (κ2) is 6.47. The largest absolute Gasteiger partial charge is 0.392 e. The summed E-state index contributed by atoms with van der Waals surface area (Å²) in [7, 11) is 0. The smallest absolute Gasteiger partial charge is 0.126 e. The highest BCUT2D eigenvalue weighted by Crippen LogP contribution is 2.35. The van der Waals surface area contributed by atoms with Crippen molar-refractivity contribution in [2.24, 2.45) is 11.8 Å². The Kier molecular flexibility index (Phi) is 4.92. The molecule has 1 saturated carbocycles. The van der Waals surface area contributed by atoms with Crippen LogP contribution in [0, 0.1) is 23.5 Å². The molecule has 3 unspecified atom stereocenters. The first-order chi connectivity index (χ1) is 9.10. The average molecular weight is 268 g/mol. The van der Waals surface area contributed by atoms with Crippen LogP contribution in [-0.4, -0.2) is 11.2 Å². The maximum absolute atomic E-state index is 13.1. The third kappa shape index (κ3) is 3.75. The summed E-state index contributed by atoms with van der Waals surface area (Å²) in [5.74, 6) is -0.331. The Morgan fingerprint density at radius 2 is 1.79 bits per heavy atom. The fourth-order valence-electron chi connectivity index (χ4n) is 3.37. The summed E-state index contributed by atoms with van der Waals surface area (Å²) in [5.41, 5.74) is 0.547. The molecule has 1 aliphatic rings. The third-order valence-electron chi connectivity index (χ3n) is 4.35. The number of aliphatic hydroxyl groups is 1. The first-order valence-electron chi connectivity index (χ1n) is 7.23. The predicted octanol–water partition coefficient (Wildman–Crippen LogP) is 4.08. The van der Waals surface area contributed by atoms with Gasteiger partial charge in [-0.25, -0.2) is 8.78 Å². The van der Waals surface area contributed by atoms with Gasteiger partial charge in [-0.1, -0.05) is 32.6 Å². The Labute approximate surface area is 113 Å². The van der Waals surface area contributed by atoms with Crippen molar-refractivity contribution in [3.8, 4) is 0 Å². The summed E-state index contributed by atoms with van der Waals surface area (Å²) in [6.45, 7) is 2.15. The van der Waals surface area contributed by atoms with Crippen LogP contribution < -0.4 is 0 Å². The number of halogens is 2. The molecule has 3 atom stereocenters. The number of aliphatic hydroxyl groups excluding tert-OH is 1. The Bertz CT molecular complexity index is 399. The van der Waals surface area contributed by atoms with E-state index < -0.39 is 17.7 Å². The summed E-state index contributed by atoms with van der Waals surface area (Å²) in [5, 5.41) is 10.4. The van der Waals surface area contributed by atoms with E-state index in [9.17, 15) is 13.9 Å². The van der Waals surface area contributed by atoms with E-state index in [2.05, 4.69) is 6.92 Å². The predicted molar refractivity (Wildman–Crippen MR) is 71.8 cm³/mol. The zero-order valence-electron chi connectivity index (χ0n) is 11.4. The third-order valence-corrected chi connectivity index (χ3v) is 4.35. The van der Waals surface area contributed by atoms with Crippen LogP contribution >= 0.6 is 0 Å². The van der Waals surface area contributed by atoms with Gasteiger partial charge in [0.25, 0.3) is 0 Å². The molecule has 1 aliphatic carbocycles. The molecular formula is C16H22F2O. The molecule has 0 radical (unpaired) electrons. The second-order valence-electron chi connectivity index (χ2n) is 5.67. The van der Waals surface area contributed by atoms with Crippen molar-refractivity contribution in [2.45, 2.75) is 51.6 Å². The molecule has 1 aromatic carbocycles. The summed E-state index contributed by atoms with van der Waals surface area (Å²) >= 11 is 0. The van der Waals surface area contributed by atoms with Gasteiger partial charge < -0.3 is 5.11 Å². The van der Waals surface area contributed by atoms with Gasteiger partial charge in [0, 0.05) is 6.07 Å². The van der Waals surface area contributed by atoms with Gasteiger partial charge in [0.05, 0.1) is 6.10 Å². The lowest BCUT2D eigenvalue weighted by atomic mass is 9.74. The highest BCUT2D eigenvalue weighted by molar-refractivity contribution is 5.18. The van der Waals surface area contributed by atoms with Crippen molar-refractivity contribution in [1.82, 2.24) is 0 Å². The van der Waals surface area contributed by atoms with Crippen LogP contribution in [-0.2, 0) is 6.42 Å². The quantitative estimate of drug-likeness (QED) is 0.872. The summed E-state index contributed by atoms with van der Waals surface area (Å²) in [6.07, 6.45) is 5.49. The van der Waals surface area contributed by atoms with Crippen molar-refractivity contribution in [2.75, 3.05) is 0 Å². The van der Waals surface area contributed by atoms with Crippen LogP contribution in [0.5, 0.6) is 0 Å². The molecule has 0 heterocycles. The zero-order valence-corrected chi connectivity index (χ0v) is 11.4. The first kappa shape index (κ1) is 14.4. The average Bonchev–Trinajstić information content (AvgIpc) is 2.37. The van der Waals surface area contributed by atoms with Crippen LogP contribution in [0.15, 0.2) is 18.2 Å². The van der Waals surface area contributed by atoms with Crippen LogP contribution in [0.25, 0.3) is 0 Å². The molecule has 1 nitrogen and oxygen atoms in total. The van der Waals surface area contributed by atoms with E-state index in [0.29, 0.717) is 17.9 Å². The van der Waals surface area contributed by atoms with Gasteiger partial charge in [0.1, 0.15) is 11.6 Å². The number of rotatable bonds is 4. The summed E-state index contributed by atoms with van der Waals surface area (Å²) < 4.78 is 26.3. The van der Waals surface area contributed by atoms with Crippen molar-refractivity contribution in [3.05, 3.63) is 35.4 Å². The lowest BCUT2D eigenvalue weighted by molar-refractivity contribution is 0.0464. The molecule has 106 valence electrons. The number of hydrogen-bond acceptors (Lipinski definition) is 1. The fraction of sp³-hybridized carbons (Fsp3) is 0.625. The number of hydrogen-bond donors (Lipinski definition) is 1. The molecule has 0 aromatic heterocycles. The number of benzene rings is 1. The van der Waals surface area contributed by atoms with Gasteiger partial charge in [-0.3, -0.25) is 0 Å². The van der Waals surface area contributed by atoms with Crippen molar-refractivity contribution < 1.29 is 13.9 Å². The van der Waals surface area contributed by atoms with E-state index in [1.807, 2.05) is 0 Å². The minimum Gasteiger partial charge on any atom is -0.392 e. The van der Waals surface area contributed by atoms with E-state index in [0.717, 1.165) is 31.7 Å². The van der Waals surface area contributed by atoms with Crippen molar-refractivity contribution in [3.63, 3.8) is 0 Å². The molecule has 0 saturated heterocycles. The molecule has 0 amide bonds. The highest BCUT2D eigenvalue weighted by Gasteiger charge is 2.29. The molecule has 2 rings (SSSR count). The van der Waals surface area contributed by atoms with E-state index in [-0.39, 0.29) is 5.92 Å². The first-order valence-corrected chi connectivity index (χ1v) is 7.23. The van der Waals surface area contributed by atoms with E-state index in [1.165, 1.54) is 18.6 Å². The lowest BCUT2D eigenvalue weighted by Crippen LogP contribution is -2.32. The van der Waals surface area contributed by atoms with Crippen LogP contribution in [0.3, 0.4) is 0 Å². The fourth-order valence-corrected chi connectivity index (χ4v) is 3.37. The molecule has 0 aliphatic heterocycles. The van der Waals surface area contributed by atoms with Gasteiger partial charge in [0.2, 0.25) is 0 Å². The Hall–Kier alpha value is -0.960. The summed E-state index contributed by atoms with van der Waals surface area (Å²) in [4.78, 5) is 0. The van der Waals surface area contributed by atoms with Crippen LogP contribution in [0.1, 0.15) is 44.6 Å². The van der Waals surface area contributed by atoms with Crippen molar-refractivity contribution >= 4 is 0 Å². The van der Waals surface area contributed by atoms with E-state index in [1.54, 1.807) is 0 Å². The standard InChI is InChI=1S/C16H22F2O/c1-2-12-5-3-4-6-15(12)16(19)9-11-7-13(17)10-14(18)8-11/h7-8,10,12,15-16,19H,2-6,9H2,1H3. The molecule has 1 fully saturated rings. The Morgan fingerprint density at radius 3 is 2.42 bits per heavy atom. The molecule has 0 bridgehead atoms. The van der Waals surface area contributed by atoms with Crippen molar-refractivity contribution in [1.29, 1.82) is 0 Å². The summed E-state index contributed by atoms with van der Waals surface area (Å²) in [6, 6.07) is 3.50. The van der Waals surface area contributed by atoms with Crippen LogP contribution in [0.2, 0.25) is 0 Å². The van der Waals surface area contributed by atoms with Gasteiger partial charge in [-0.2, -0.15) is 0 Å². The van der Waals surface area contributed by atoms with Gasteiger partial charge >= 0.3 is 0 Å². The maximum Gasteiger partial charge on any atom is 0.126 e. The minimum atomic E-state index is -0.571. The van der Waals surface area contributed by atoms with Gasteiger partial charge in [0.15, 0.2) is 0 Å². The monoisotopic (exact) mass is 268 g/mol. The molecule has 19 heavy (non-hydrogen) atoms. The normalized spacial score (nSPS) is 25.3. The zero-order chi connectivity index (χ0) is 13.8.